The Morgan fingerprint density at radius 1 is 0.962 bits per heavy atom. The lowest BCUT2D eigenvalue weighted by Crippen LogP contribution is -2.08. The third-order valence-electron chi connectivity index (χ3n) is 3.74. The topological polar surface area (TPSA) is 55.7 Å². The van der Waals surface area contributed by atoms with E-state index in [9.17, 15) is 4.79 Å². The second-order valence-electron chi connectivity index (χ2n) is 5.49. The van der Waals surface area contributed by atoms with Crippen LogP contribution >= 0.6 is 34.3 Å². The SMILES string of the molecule is O=C(Cc1nc(-c2cccs2)nnc1-c1ccc(Cl)cc1)c1cccs1. The maximum absolute atomic E-state index is 12.6. The lowest BCUT2D eigenvalue weighted by atomic mass is 10.1. The molecule has 0 aliphatic heterocycles. The molecule has 0 amide bonds. The van der Waals surface area contributed by atoms with Crippen LogP contribution in [0.15, 0.2) is 59.3 Å². The van der Waals surface area contributed by atoms with Gasteiger partial charge in [0.05, 0.1) is 21.9 Å². The van der Waals surface area contributed by atoms with Crippen molar-refractivity contribution in [3.8, 4) is 22.0 Å². The molecule has 0 aliphatic carbocycles. The molecule has 0 spiro atoms. The van der Waals surface area contributed by atoms with Gasteiger partial charge in [-0.3, -0.25) is 4.79 Å². The molecule has 0 fully saturated rings. The Bertz CT molecular complexity index is 1030. The molecule has 3 heterocycles. The average Bonchev–Trinajstić information content (AvgIpc) is 3.36. The molecule has 0 bridgehead atoms. The highest BCUT2D eigenvalue weighted by molar-refractivity contribution is 7.13. The van der Waals surface area contributed by atoms with E-state index in [2.05, 4.69) is 15.2 Å². The quantitative estimate of drug-likeness (QED) is 0.422. The van der Waals surface area contributed by atoms with Crippen molar-refractivity contribution in [3.63, 3.8) is 0 Å². The van der Waals surface area contributed by atoms with Gasteiger partial charge in [-0.15, -0.1) is 32.9 Å². The number of ketones is 1. The standard InChI is InChI=1S/C19H12ClN3OS2/c20-13-7-5-12(6-8-13)18-14(11-15(24)16-3-1-9-25-16)21-19(23-22-18)17-4-2-10-26-17/h1-10H,11H2. The van der Waals surface area contributed by atoms with Gasteiger partial charge in [0.15, 0.2) is 11.6 Å². The van der Waals surface area contributed by atoms with E-state index < -0.39 is 0 Å². The Labute approximate surface area is 163 Å². The average molecular weight is 398 g/mol. The van der Waals surface area contributed by atoms with Crippen LogP contribution in [0.1, 0.15) is 15.4 Å². The van der Waals surface area contributed by atoms with Crippen LogP contribution in [0.4, 0.5) is 0 Å². The van der Waals surface area contributed by atoms with Gasteiger partial charge in [0.2, 0.25) is 0 Å². The van der Waals surface area contributed by atoms with E-state index in [0.29, 0.717) is 27.1 Å². The van der Waals surface area contributed by atoms with E-state index in [1.165, 1.54) is 22.7 Å². The van der Waals surface area contributed by atoms with E-state index in [4.69, 9.17) is 11.6 Å². The monoisotopic (exact) mass is 397 g/mol. The van der Waals surface area contributed by atoms with Crippen molar-refractivity contribution in [1.29, 1.82) is 0 Å². The number of hydrogen-bond acceptors (Lipinski definition) is 6. The number of Topliss-reactive ketones (excluding diaryl/α,β-unsaturated/α-hetero) is 1. The third kappa shape index (κ3) is 3.58. The van der Waals surface area contributed by atoms with E-state index in [-0.39, 0.29) is 12.2 Å². The molecule has 4 aromatic rings. The van der Waals surface area contributed by atoms with Crippen LogP contribution in [-0.4, -0.2) is 21.0 Å². The van der Waals surface area contributed by atoms with Gasteiger partial charge >= 0.3 is 0 Å². The number of halogens is 1. The molecule has 0 radical (unpaired) electrons. The van der Waals surface area contributed by atoms with Crippen molar-refractivity contribution in [1.82, 2.24) is 15.2 Å². The minimum Gasteiger partial charge on any atom is -0.293 e. The van der Waals surface area contributed by atoms with Crippen LogP contribution in [0, 0.1) is 0 Å². The van der Waals surface area contributed by atoms with E-state index in [1.54, 1.807) is 12.1 Å². The van der Waals surface area contributed by atoms with Crippen molar-refractivity contribution in [2.75, 3.05) is 0 Å². The summed E-state index contributed by atoms with van der Waals surface area (Å²) in [5.74, 6) is 0.555. The zero-order chi connectivity index (χ0) is 17.9. The van der Waals surface area contributed by atoms with Gasteiger partial charge in [0.1, 0.15) is 5.69 Å². The summed E-state index contributed by atoms with van der Waals surface area (Å²) < 4.78 is 0. The molecule has 26 heavy (non-hydrogen) atoms. The Morgan fingerprint density at radius 2 is 1.73 bits per heavy atom. The summed E-state index contributed by atoms with van der Waals surface area (Å²) in [5.41, 5.74) is 2.05. The fraction of sp³-hybridized carbons (Fsp3) is 0.0526. The lowest BCUT2D eigenvalue weighted by Gasteiger charge is -2.08. The summed E-state index contributed by atoms with van der Waals surface area (Å²) in [6.07, 6.45) is 0.173. The molecular weight excluding hydrogens is 386 g/mol. The van der Waals surface area contributed by atoms with Crippen molar-refractivity contribution < 1.29 is 4.79 Å². The molecule has 7 heteroatoms. The van der Waals surface area contributed by atoms with E-state index in [0.717, 1.165) is 10.4 Å². The van der Waals surface area contributed by atoms with E-state index in [1.807, 2.05) is 47.2 Å². The second kappa shape index (κ2) is 7.45. The Morgan fingerprint density at radius 3 is 2.42 bits per heavy atom. The summed E-state index contributed by atoms with van der Waals surface area (Å²) in [4.78, 5) is 18.9. The zero-order valence-electron chi connectivity index (χ0n) is 13.4. The predicted octanol–water partition coefficient (Wildman–Crippen LogP) is 5.41. The van der Waals surface area contributed by atoms with Crippen LogP contribution in [0.2, 0.25) is 5.02 Å². The molecule has 1 aromatic carbocycles. The summed E-state index contributed by atoms with van der Waals surface area (Å²) in [6, 6.07) is 14.9. The predicted molar refractivity (Wildman–Crippen MR) is 106 cm³/mol. The highest BCUT2D eigenvalue weighted by Crippen LogP contribution is 2.27. The maximum atomic E-state index is 12.6. The Hall–Kier alpha value is -2.41. The molecule has 0 saturated heterocycles. The normalized spacial score (nSPS) is 10.8. The number of benzene rings is 1. The van der Waals surface area contributed by atoms with Gasteiger partial charge < -0.3 is 0 Å². The van der Waals surface area contributed by atoms with Gasteiger partial charge in [-0.05, 0) is 35.0 Å². The third-order valence-corrected chi connectivity index (χ3v) is 5.77. The minimum atomic E-state index is 0.0212. The van der Waals surface area contributed by atoms with Crippen LogP contribution in [0.3, 0.4) is 0 Å². The fourth-order valence-corrected chi connectivity index (χ4v) is 3.94. The van der Waals surface area contributed by atoms with E-state index >= 15 is 0 Å². The zero-order valence-corrected chi connectivity index (χ0v) is 15.8. The number of hydrogen-bond donors (Lipinski definition) is 0. The summed E-state index contributed by atoms with van der Waals surface area (Å²) in [7, 11) is 0. The van der Waals surface area contributed by atoms with Gasteiger partial charge in [0.25, 0.3) is 0 Å². The first kappa shape index (κ1) is 17.0. The van der Waals surface area contributed by atoms with Crippen molar-refractivity contribution in [2.24, 2.45) is 0 Å². The summed E-state index contributed by atoms with van der Waals surface area (Å²) >= 11 is 8.95. The maximum Gasteiger partial charge on any atom is 0.192 e. The lowest BCUT2D eigenvalue weighted by molar-refractivity contribution is 0.0996. The smallest absolute Gasteiger partial charge is 0.192 e. The summed E-state index contributed by atoms with van der Waals surface area (Å²) in [6.45, 7) is 0. The fourth-order valence-electron chi connectivity index (χ4n) is 2.50. The molecule has 0 saturated carbocycles. The van der Waals surface area contributed by atoms with Crippen molar-refractivity contribution >= 4 is 40.1 Å². The van der Waals surface area contributed by atoms with Gasteiger partial charge in [-0.1, -0.05) is 35.9 Å². The van der Waals surface area contributed by atoms with Crippen LogP contribution in [0.5, 0.6) is 0 Å². The first-order valence-electron chi connectivity index (χ1n) is 7.81. The number of nitrogens with zero attached hydrogens (tertiary/aromatic N) is 3. The molecule has 4 nitrogen and oxygen atoms in total. The molecule has 0 unspecified atom stereocenters. The van der Waals surface area contributed by atoms with Gasteiger partial charge in [0, 0.05) is 10.6 Å². The number of rotatable bonds is 5. The minimum absolute atomic E-state index is 0.0212. The first-order valence-corrected chi connectivity index (χ1v) is 9.94. The highest BCUT2D eigenvalue weighted by atomic mass is 35.5. The van der Waals surface area contributed by atoms with Crippen molar-refractivity contribution in [2.45, 2.75) is 6.42 Å². The number of carbonyl (C=O) groups excluding carboxylic acids is 1. The molecule has 0 atom stereocenters. The molecule has 0 aliphatic rings. The number of carbonyl (C=O) groups is 1. The first-order chi connectivity index (χ1) is 12.7. The largest absolute Gasteiger partial charge is 0.293 e. The Balaban J connectivity index is 1.77. The summed E-state index contributed by atoms with van der Waals surface area (Å²) in [5, 5.41) is 13.1. The molecule has 3 aromatic heterocycles. The molecular formula is C19H12ClN3OS2. The van der Waals surface area contributed by atoms with Gasteiger partial charge in [-0.25, -0.2) is 4.98 Å². The number of aromatic nitrogens is 3. The highest BCUT2D eigenvalue weighted by Gasteiger charge is 2.17. The van der Waals surface area contributed by atoms with Crippen LogP contribution < -0.4 is 0 Å². The molecule has 0 N–H and O–H groups in total. The van der Waals surface area contributed by atoms with Gasteiger partial charge in [-0.2, -0.15) is 0 Å². The molecule has 4 rings (SSSR count). The van der Waals surface area contributed by atoms with Crippen LogP contribution in [0.25, 0.3) is 22.0 Å². The number of thiophene rings is 2. The van der Waals surface area contributed by atoms with Crippen LogP contribution in [-0.2, 0) is 6.42 Å². The molecule has 128 valence electrons. The van der Waals surface area contributed by atoms with Crippen molar-refractivity contribution in [3.05, 3.63) is 74.9 Å². The Kier molecular flexibility index (Phi) is 4.88. The second-order valence-corrected chi connectivity index (χ2v) is 7.82.